The Morgan fingerprint density at radius 2 is 2.25 bits per heavy atom. The summed E-state index contributed by atoms with van der Waals surface area (Å²) in [5, 5.41) is 9.12. The fourth-order valence-corrected chi connectivity index (χ4v) is 4.07. The van der Waals surface area contributed by atoms with E-state index in [1.165, 1.54) is 4.88 Å². The van der Waals surface area contributed by atoms with Gasteiger partial charge in [-0.2, -0.15) is 0 Å². The summed E-state index contributed by atoms with van der Waals surface area (Å²) in [4.78, 5) is 30.3. The quantitative estimate of drug-likeness (QED) is 0.729. The van der Waals surface area contributed by atoms with Gasteiger partial charge in [0.2, 0.25) is 11.8 Å². The van der Waals surface area contributed by atoms with Gasteiger partial charge >= 0.3 is 0 Å². The summed E-state index contributed by atoms with van der Waals surface area (Å²) in [7, 11) is 0. The van der Waals surface area contributed by atoms with E-state index in [0.717, 1.165) is 24.3 Å². The van der Waals surface area contributed by atoms with Crippen LogP contribution in [0.5, 0.6) is 0 Å². The Bertz CT molecular complexity index is 561. The number of primary amides is 1. The van der Waals surface area contributed by atoms with E-state index < -0.39 is 0 Å². The third kappa shape index (κ3) is 5.58. The second kappa shape index (κ2) is 9.15. The predicted molar refractivity (Wildman–Crippen MR) is 94.5 cm³/mol. The largest absolute Gasteiger partial charge is 0.396 e. The van der Waals surface area contributed by atoms with Crippen LogP contribution in [0.25, 0.3) is 0 Å². The van der Waals surface area contributed by atoms with E-state index in [9.17, 15) is 9.59 Å². The van der Waals surface area contributed by atoms with Gasteiger partial charge < -0.3 is 15.7 Å². The second-order valence-corrected chi connectivity index (χ2v) is 7.76. The van der Waals surface area contributed by atoms with E-state index in [-0.39, 0.29) is 30.9 Å². The number of amides is 2. The Morgan fingerprint density at radius 3 is 2.88 bits per heavy atom. The molecule has 1 aromatic rings. The summed E-state index contributed by atoms with van der Waals surface area (Å²) in [5.41, 5.74) is 5.27. The zero-order valence-electron chi connectivity index (χ0n) is 14.2. The lowest BCUT2D eigenvalue weighted by Crippen LogP contribution is -2.47. The highest BCUT2D eigenvalue weighted by Gasteiger charge is 2.29. The van der Waals surface area contributed by atoms with E-state index in [2.05, 4.69) is 19.1 Å². The molecule has 1 atom stereocenters. The maximum atomic E-state index is 13.0. The van der Waals surface area contributed by atoms with Crippen LogP contribution >= 0.6 is 11.3 Å². The van der Waals surface area contributed by atoms with Crippen LogP contribution in [0, 0.1) is 12.8 Å². The smallest absolute Gasteiger partial charge is 0.231 e. The molecule has 1 saturated heterocycles. The average Bonchev–Trinajstić information content (AvgIpc) is 2.95. The van der Waals surface area contributed by atoms with Gasteiger partial charge in [0.1, 0.15) is 0 Å². The molecule has 0 unspecified atom stereocenters. The molecule has 2 heterocycles. The van der Waals surface area contributed by atoms with Crippen molar-refractivity contribution in [2.45, 2.75) is 32.7 Å². The van der Waals surface area contributed by atoms with Crippen LogP contribution in [0.2, 0.25) is 0 Å². The normalized spacial score (nSPS) is 18.5. The highest BCUT2D eigenvalue weighted by molar-refractivity contribution is 7.11. The molecule has 0 spiro atoms. The molecule has 3 N–H and O–H groups in total. The topological polar surface area (TPSA) is 86.9 Å². The van der Waals surface area contributed by atoms with E-state index in [1.54, 1.807) is 11.3 Å². The van der Waals surface area contributed by atoms with Crippen molar-refractivity contribution in [2.24, 2.45) is 11.7 Å². The number of aliphatic hydroxyl groups is 1. The van der Waals surface area contributed by atoms with Gasteiger partial charge in [-0.3, -0.25) is 14.5 Å². The molecule has 0 radical (unpaired) electrons. The minimum absolute atomic E-state index is 0.0751. The molecule has 134 valence electrons. The van der Waals surface area contributed by atoms with Crippen LogP contribution in [0.4, 0.5) is 0 Å². The summed E-state index contributed by atoms with van der Waals surface area (Å²) in [6.45, 7) is 4.88. The number of rotatable bonds is 8. The molecule has 7 heteroatoms. The molecule has 1 aromatic heterocycles. The van der Waals surface area contributed by atoms with Crippen molar-refractivity contribution in [2.75, 3.05) is 32.8 Å². The number of carbonyl (C=O) groups excluding carboxylic acids is 2. The summed E-state index contributed by atoms with van der Waals surface area (Å²) in [5.74, 6) is -0.337. The average molecular weight is 353 g/mol. The molecule has 0 bridgehead atoms. The highest BCUT2D eigenvalue weighted by atomic mass is 32.1. The van der Waals surface area contributed by atoms with Crippen molar-refractivity contribution in [3.8, 4) is 0 Å². The number of carbonyl (C=O) groups is 2. The van der Waals surface area contributed by atoms with Gasteiger partial charge in [-0.15, -0.1) is 11.3 Å². The minimum atomic E-state index is -0.353. The third-order valence-electron chi connectivity index (χ3n) is 4.27. The fourth-order valence-electron chi connectivity index (χ4n) is 3.17. The number of aryl methyl sites for hydroxylation is 1. The van der Waals surface area contributed by atoms with Gasteiger partial charge in [0.05, 0.1) is 19.0 Å². The third-order valence-corrected chi connectivity index (χ3v) is 5.26. The molecule has 0 aromatic carbocycles. The van der Waals surface area contributed by atoms with Gasteiger partial charge in [0.15, 0.2) is 0 Å². The number of likely N-dealkylation sites (tertiary alicyclic amines) is 1. The summed E-state index contributed by atoms with van der Waals surface area (Å²) < 4.78 is 0. The first-order valence-electron chi connectivity index (χ1n) is 8.45. The number of nitrogens with zero attached hydrogens (tertiary/aromatic N) is 2. The number of aliphatic hydroxyl groups excluding tert-OH is 1. The standard InChI is InChI=1S/C17H27N3O3S/c1-13-5-6-15(24-13)11-20(8-3-9-21)17(23)14-4-2-7-19(10-14)12-16(18)22/h5-6,14,21H,2-4,7-12H2,1H3,(H2,18,22)/t14-/m1/s1. The number of hydrogen-bond acceptors (Lipinski definition) is 5. The molecule has 1 aliphatic heterocycles. The molecule has 2 amide bonds. The number of thiophene rings is 1. The Kier molecular flexibility index (Phi) is 7.20. The Labute approximate surface area is 147 Å². The van der Waals surface area contributed by atoms with Crippen molar-refractivity contribution >= 4 is 23.2 Å². The van der Waals surface area contributed by atoms with E-state index in [0.29, 0.717) is 26.1 Å². The lowest BCUT2D eigenvalue weighted by Gasteiger charge is -2.34. The predicted octanol–water partition coefficient (Wildman–Crippen LogP) is 0.965. The van der Waals surface area contributed by atoms with Gasteiger partial charge in [0.25, 0.3) is 0 Å². The number of hydrogen-bond donors (Lipinski definition) is 2. The first-order valence-corrected chi connectivity index (χ1v) is 9.27. The van der Waals surface area contributed by atoms with Crippen LogP contribution in [0.1, 0.15) is 29.0 Å². The summed E-state index contributed by atoms with van der Waals surface area (Å²) >= 11 is 1.69. The van der Waals surface area contributed by atoms with Crippen molar-refractivity contribution < 1.29 is 14.7 Å². The molecular weight excluding hydrogens is 326 g/mol. The molecule has 0 aliphatic carbocycles. The Morgan fingerprint density at radius 1 is 1.46 bits per heavy atom. The van der Waals surface area contributed by atoms with Gasteiger partial charge in [-0.1, -0.05) is 0 Å². The summed E-state index contributed by atoms with van der Waals surface area (Å²) in [6.07, 6.45) is 2.32. The van der Waals surface area contributed by atoms with E-state index in [1.807, 2.05) is 9.80 Å². The number of nitrogens with two attached hydrogens (primary N) is 1. The first kappa shape index (κ1) is 18.9. The highest BCUT2D eigenvalue weighted by Crippen LogP contribution is 2.22. The zero-order valence-corrected chi connectivity index (χ0v) is 15.1. The van der Waals surface area contributed by atoms with Gasteiger partial charge in [-0.05, 0) is 44.9 Å². The fraction of sp³-hybridized carbons (Fsp3) is 0.647. The maximum Gasteiger partial charge on any atom is 0.231 e. The van der Waals surface area contributed by atoms with Crippen LogP contribution in [-0.4, -0.2) is 59.5 Å². The maximum absolute atomic E-state index is 13.0. The molecule has 2 rings (SSSR count). The minimum Gasteiger partial charge on any atom is -0.396 e. The Hall–Kier alpha value is -1.44. The molecule has 1 aliphatic rings. The van der Waals surface area contributed by atoms with E-state index >= 15 is 0 Å². The van der Waals surface area contributed by atoms with Crippen LogP contribution in [0.3, 0.4) is 0 Å². The lowest BCUT2D eigenvalue weighted by atomic mass is 9.96. The molecule has 1 fully saturated rings. The van der Waals surface area contributed by atoms with Crippen molar-refractivity contribution in [1.29, 1.82) is 0 Å². The first-order chi connectivity index (χ1) is 11.5. The molecule has 6 nitrogen and oxygen atoms in total. The van der Waals surface area contributed by atoms with E-state index in [4.69, 9.17) is 10.8 Å². The van der Waals surface area contributed by atoms with Gasteiger partial charge in [-0.25, -0.2) is 0 Å². The molecular formula is C17H27N3O3S. The van der Waals surface area contributed by atoms with Gasteiger partial charge in [0, 0.05) is 29.5 Å². The van der Waals surface area contributed by atoms with Crippen LogP contribution in [0.15, 0.2) is 12.1 Å². The summed E-state index contributed by atoms with van der Waals surface area (Å²) in [6, 6.07) is 4.11. The molecule has 0 saturated carbocycles. The van der Waals surface area contributed by atoms with Crippen LogP contribution < -0.4 is 5.73 Å². The SMILES string of the molecule is Cc1ccc(CN(CCCO)C(=O)[C@@H]2CCCN(CC(N)=O)C2)s1. The van der Waals surface area contributed by atoms with Crippen molar-refractivity contribution in [3.05, 3.63) is 21.9 Å². The lowest BCUT2D eigenvalue weighted by molar-refractivity contribution is -0.138. The Balaban J connectivity index is 2.01. The van der Waals surface area contributed by atoms with Crippen molar-refractivity contribution in [1.82, 2.24) is 9.80 Å². The van der Waals surface area contributed by atoms with Crippen molar-refractivity contribution in [3.63, 3.8) is 0 Å². The number of piperidine rings is 1. The second-order valence-electron chi connectivity index (χ2n) is 6.39. The van der Waals surface area contributed by atoms with Crippen LogP contribution in [-0.2, 0) is 16.1 Å². The monoisotopic (exact) mass is 353 g/mol. The zero-order chi connectivity index (χ0) is 17.5. The molecule has 24 heavy (non-hydrogen) atoms.